The number of hydrogen-bond donors (Lipinski definition) is 1. The zero-order valence-corrected chi connectivity index (χ0v) is 11.2. The zero-order chi connectivity index (χ0) is 12.5. The second kappa shape index (κ2) is 4.78. The van der Waals surface area contributed by atoms with Crippen molar-refractivity contribution in [3.05, 3.63) is 21.9 Å². The van der Waals surface area contributed by atoms with Crippen molar-refractivity contribution in [2.24, 2.45) is 0 Å². The van der Waals surface area contributed by atoms with Crippen LogP contribution in [0.5, 0.6) is 0 Å². The van der Waals surface area contributed by atoms with Crippen molar-refractivity contribution in [3.63, 3.8) is 0 Å². The molecule has 1 aromatic rings. The van der Waals surface area contributed by atoms with Crippen LogP contribution in [0.2, 0.25) is 0 Å². The Morgan fingerprint density at radius 1 is 1.53 bits per heavy atom. The molecule has 0 unspecified atom stereocenters. The smallest absolute Gasteiger partial charge is 0.264 e. The molecule has 3 nitrogen and oxygen atoms in total. The lowest BCUT2D eigenvalue weighted by Gasteiger charge is -2.28. The fourth-order valence-electron chi connectivity index (χ4n) is 2.47. The SMILES string of the molecule is Cc1ccsc1C(=O)N(C)CC1(O)CCCC1. The van der Waals surface area contributed by atoms with Crippen LogP contribution in [0.1, 0.15) is 40.9 Å². The van der Waals surface area contributed by atoms with E-state index in [1.807, 2.05) is 18.4 Å². The molecule has 17 heavy (non-hydrogen) atoms. The number of aliphatic hydroxyl groups is 1. The summed E-state index contributed by atoms with van der Waals surface area (Å²) >= 11 is 1.47. The lowest BCUT2D eigenvalue weighted by atomic mass is 10.0. The van der Waals surface area contributed by atoms with Gasteiger partial charge < -0.3 is 10.0 Å². The van der Waals surface area contributed by atoms with E-state index in [9.17, 15) is 9.90 Å². The third-order valence-corrected chi connectivity index (χ3v) is 4.47. The van der Waals surface area contributed by atoms with E-state index in [1.165, 1.54) is 11.3 Å². The molecule has 4 heteroatoms. The molecule has 0 bridgehead atoms. The molecule has 94 valence electrons. The Balaban J connectivity index is 2.03. The third-order valence-electron chi connectivity index (χ3n) is 3.47. The summed E-state index contributed by atoms with van der Waals surface area (Å²) in [4.78, 5) is 14.6. The van der Waals surface area contributed by atoms with Crippen LogP contribution in [0.25, 0.3) is 0 Å². The summed E-state index contributed by atoms with van der Waals surface area (Å²) in [6, 6.07) is 1.95. The average molecular weight is 253 g/mol. The van der Waals surface area contributed by atoms with Gasteiger partial charge in [0.2, 0.25) is 0 Å². The zero-order valence-electron chi connectivity index (χ0n) is 10.4. The number of hydrogen-bond acceptors (Lipinski definition) is 3. The first-order valence-electron chi connectivity index (χ1n) is 6.04. The van der Waals surface area contributed by atoms with Crippen LogP contribution < -0.4 is 0 Å². The van der Waals surface area contributed by atoms with Gasteiger partial charge in [0.05, 0.1) is 10.5 Å². The van der Waals surface area contributed by atoms with Crippen LogP contribution in [-0.4, -0.2) is 35.1 Å². The average Bonchev–Trinajstić information content (AvgIpc) is 2.86. The fourth-order valence-corrected chi connectivity index (χ4v) is 3.39. The van der Waals surface area contributed by atoms with Crippen molar-refractivity contribution in [2.75, 3.05) is 13.6 Å². The Bertz CT molecular complexity index is 407. The van der Waals surface area contributed by atoms with Gasteiger partial charge in [0.1, 0.15) is 0 Å². The minimum Gasteiger partial charge on any atom is -0.388 e. The number of amides is 1. The van der Waals surface area contributed by atoms with Crippen molar-refractivity contribution in [3.8, 4) is 0 Å². The van der Waals surface area contributed by atoms with E-state index in [0.717, 1.165) is 36.1 Å². The highest BCUT2D eigenvalue weighted by atomic mass is 32.1. The summed E-state index contributed by atoms with van der Waals surface area (Å²) in [6.07, 6.45) is 3.76. The molecule has 1 aliphatic rings. The molecule has 0 radical (unpaired) electrons. The number of aryl methyl sites for hydroxylation is 1. The van der Waals surface area contributed by atoms with E-state index in [-0.39, 0.29) is 5.91 Å². The maximum Gasteiger partial charge on any atom is 0.264 e. The molecule has 0 aliphatic heterocycles. The number of nitrogens with zero attached hydrogens (tertiary/aromatic N) is 1. The number of rotatable bonds is 3. The molecule has 2 rings (SSSR count). The number of likely N-dealkylation sites (N-methyl/N-ethyl adjacent to an activating group) is 1. The van der Waals surface area contributed by atoms with Gasteiger partial charge in [0.25, 0.3) is 5.91 Å². The Morgan fingerprint density at radius 2 is 2.18 bits per heavy atom. The van der Waals surface area contributed by atoms with Crippen LogP contribution in [0.3, 0.4) is 0 Å². The molecular formula is C13H19NO2S. The summed E-state index contributed by atoms with van der Waals surface area (Å²) in [7, 11) is 1.78. The second-order valence-corrected chi connectivity index (χ2v) is 5.94. The standard InChI is InChI=1S/C13H19NO2S/c1-10-5-8-17-11(10)12(15)14(2)9-13(16)6-3-4-7-13/h5,8,16H,3-4,6-7,9H2,1-2H3. The van der Waals surface area contributed by atoms with Gasteiger partial charge in [-0.15, -0.1) is 11.3 Å². The first-order chi connectivity index (χ1) is 8.02. The molecule has 0 atom stereocenters. The maximum atomic E-state index is 12.2. The lowest BCUT2D eigenvalue weighted by molar-refractivity contribution is 0.0158. The first-order valence-corrected chi connectivity index (χ1v) is 6.92. The maximum absolute atomic E-state index is 12.2. The highest BCUT2D eigenvalue weighted by Crippen LogP contribution is 2.30. The second-order valence-electron chi connectivity index (χ2n) is 5.03. The van der Waals surface area contributed by atoms with E-state index >= 15 is 0 Å². The molecule has 0 spiro atoms. The Hall–Kier alpha value is -0.870. The summed E-state index contributed by atoms with van der Waals surface area (Å²) < 4.78 is 0. The van der Waals surface area contributed by atoms with E-state index < -0.39 is 5.60 Å². The van der Waals surface area contributed by atoms with Crippen molar-refractivity contribution in [2.45, 2.75) is 38.2 Å². The summed E-state index contributed by atoms with van der Waals surface area (Å²) in [5.74, 6) is 0.0258. The van der Waals surface area contributed by atoms with Crippen molar-refractivity contribution >= 4 is 17.2 Å². The topological polar surface area (TPSA) is 40.5 Å². The Labute approximate surface area is 106 Å². The lowest BCUT2D eigenvalue weighted by Crippen LogP contribution is -2.41. The van der Waals surface area contributed by atoms with Crippen LogP contribution in [0.15, 0.2) is 11.4 Å². The molecule has 1 amide bonds. The highest BCUT2D eigenvalue weighted by molar-refractivity contribution is 7.12. The van der Waals surface area contributed by atoms with Gasteiger partial charge in [-0.05, 0) is 36.8 Å². The first kappa shape index (κ1) is 12.6. The van der Waals surface area contributed by atoms with E-state index in [1.54, 1.807) is 11.9 Å². The van der Waals surface area contributed by atoms with Crippen LogP contribution in [-0.2, 0) is 0 Å². The van der Waals surface area contributed by atoms with E-state index in [4.69, 9.17) is 0 Å². The predicted molar refractivity (Wildman–Crippen MR) is 69.4 cm³/mol. The van der Waals surface area contributed by atoms with Gasteiger partial charge in [0, 0.05) is 13.6 Å². The Morgan fingerprint density at radius 3 is 2.71 bits per heavy atom. The minimum atomic E-state index is -0.657. The van der Waals surface area contributed by atoms with Gasteiger partial charge in [0.15, 0.2) is 0 Å². The van der Waals surface area contributed by atoms with E-state index in [0.29, 0.717) is 6.54 Å². The molecule has 1 fully saturated rings. The van der Waals surface area contributed by atoms with Gasteiger partial charge in [-0.1, -0.05) is 12.8 Å². The molecule has 1 N–H and O–H groups in total. The quantitative estimate of drug-likeness (QED) is 0.898. The molecule has 0 saturated heterocycles. The predicted octanol–water partition coefficient (Wildman–Crippen LogP) is 2.43. The molecule has 1 heterocycles. The third kappa shape index (κ3) is 2.69. The monoisotopic (exact) mass is 253 g/mol. The van der Waals surface area contributed by atoms with Gasteiger partial charge in [-0.3, -0.25) is 4.79 Å². The summed E-state index contributed by atoms with van der Waals surface area (Å²) in [5, 5.41) is 12.2. The minimum absolute atomic E-state index is 0.0258. The van der Waals surface area contributed by atoms with Gasteiger partial charge in [-0.25, -0.2) is 0 Å². The number of carbonyl (C=O) groups excluding carboxylic acids is 1. The highest BCUT2D eigenvalue weighted by Gasteiger charge is 2.33. The van der Waals surface area contributed by atoms with Crippen molar-refractivity contribution in [1.82, 2.24) is 4.90 Å². The van der Waals surface area contributed by atoms with Crippen LogP contribution >= 0.6 is 11.3 Å². The Kier molecular flexibility index (Phi) is 3.54. The largest absolute Gasteiger partial charge is 0.388 e. The van der Waals surface area contributed by atoms with Crippen LogP contribution in [0.4, 0.5) is 0 Å². The van der Waals surface area contributed by atoms with Crippen molar-refractivity contribution in [1.29, 1.82) is 0 Å². The summed E-state index contributed by atoms with van der Waals surface area (Å²) in [6.45, 7) is 2.39. The molecule has 0 aromatic carbocycles. The molecule has 1 saturated carbocycles. The normalized spacial score (nSPS) is 18.3. The fraction of sp³-hybridized carbons (Fsp3) is 0.615. The molecule has 1 aliphatic carbocycles. The number of thiophene rings is 1. The summed E-state index contributed by atoms with van der Waals surface area (Å²) in [5.41, 5.74) is 0.362. The number of carbonyl (C=O) groups is 1. The van der Waals surface area contributed by atoms with Gasteiger partial charge in [-0.2, -0.15) is 0 Å². The van der Waals surface area contributed by atoms with Crippen molar-refractivity contribution < 1.29 is 9.90 Å². The van der Waals surface area contributed by atoms with E-state index in [2.05, 4.69) is 0 Å². The van der Waals surface area contributed by atoms with Crippen LogP contribution in [0, 0.1) is 6.92 Å². The molecule has 1 aromatic heterocycles. The van der Waals surface area contributed by atoms with Gasteiger partial charge >= 0.3 is 0 Å². The molecular weight excluding hydrogens is 234 g/mol.